The normalized spacial score (nSPS) is 22.8. The summed E-state index contributed by atoms with van der Waals surface area (Å²) in [6.07, 6.45) is 6.92. The van der Waals surface area contributed by atoms with Crippen LogP contribution in [0.2, 0.25) is 0 Å². The van der Waals surface area contributed by atoms with Gasteiger partial charge >= 0.3 is 0 Å². The van der Waals surface area contributed by atoms with Crippen LogP contribution in [0.25, 0.3) is 0 Å². The summed E-state index contributed by atoms with van der Waals surface area (Å²) in [5.74, 6) is 0.310. The fourth-order valence-electron chi connectivity index (χ4n) is 3.59. The Labute approximate surface area is 130 Å². The van der Waals surface area contributed by atoms with E-state index in [2.05, 4.69) is 30.4 Å². The van der Waals surface area contributed by atoms with E-state index in [9.17, 15) is 4.79 Å². The lowest BCUT2D eigenvalue weighted by Crippen LogP contribution is -2.38. The number of aryl methyl sites for hydroxylation is 1. The van der Waals surface area contributed by atoms with Gasteiger partial charge in [0, 0.05) is 19.3 Å². The second-order valence-corrected chi connectivity index (χ2v) is 6.64. The Morgan fingerprint density at radius 3 is 2.68 bits per heavy atom. The van der Waals surface area contributed by atoms with E-state index in [1.165, 1.54) is 11.1 Å². The fourth-order valence-corrected chi connectivity index (χ4v) is 3.59. The van der Waals surface area contributed by atoms with Crippen LogP contribution in [0.3, 0.4) is 0 Å². The molecular formula is C18H21N3O. The summed E-state index contributed by atoms with van der Waals surface area (Å²) in [7, 11) is 0. The number of likely N-dealkylation sites (tertiary alicyclic amines) is 1. The van der Waals surface area contributed by atoms with Crippen LogP contribution in [-0.2, 0) is 10.2 Å². The standard InChI is InChI=1S/C18H21N3O/c1-14-11-19-21(12-14)16-7-10-20(13-16)17(22)18(8-9-18)15-5-3-2-4-6-15/h2-6,11-12,16H,7-10,13H2,1H3. The number of hydrogen-bond acceptors (Lipinski definition) is 2. The number of amides is 1. The van der Waals surface area contributed by atoms with Crippen LogP contribution in [0.15, 0.2) is 42.7 Å². The molecule has 114 valence electrons. The zero-order valence-electron chi connectivity index (χ0n) is 12.9. The summed E-state index contributed by atoms with van der Waals surface area (Å²) in [4.78, 5) is 15.1. The number of carbonyl (C=O) groups excluding carboxylic acids is 1. The Morgan fingerprint density at radius 2 is 2.05 bits per heavy atom. The largest absolute Gasteiger partial charge is 0.340 e. The van der Waals surface area contributed by atoms with Crippen molar-refractivity contribution in [1.82, 2.24) is 14.7 Å². The predicted molar refractivity (Wildman–Crippen MR) is 84.6 cm³/mol. The Hall–Kier alpha value is -2.10. The van der Waals surface area contributed by atoms with Crippen molar-refractivity contribution in [3.8, 4) is 0 Å². The number of benzene rings is 1. The van der Waals surface area contributed by atoms with E-state index in [-0.39, 0.29) is 5.41 Å². The first-order valence-electron chi connectivity index (χ1n) is 8.05. The maximum atomic E-state index is 13.0. The molecule has 2 fully saturated rings. The molecule has 1 aliphatic carbocycles. The molecule has 0 N–H and O–H groups in total. The molecule has 22 heavy (non-hydrogen) atoms. The van der Waals surface area contributed by atoms with Crippen LogP contribution < -0.4 is 0 Å². The summed E-state index contributed by atoms with van der Waals surface area (Å²) in [6, 6.07) is 10.6. The molecule has 0 spiro atoms. The highest BCUT2D eigenvalue weighted by Crippen LogP contribution is 2.50. The summed E-state index contributed by atoms with van der Waals surface area (Å²) >= 11 is 0. The highest BCUT2D eigenvalue weighted by molar-refractivity contribution is 5.91. The van der Waals surface area contributed by atoms with Crippen molar-refractivity contribution in [2.75, 3.05) is 13.1 Å². The molecule has 0 bridgehead atoms. The quantitative estimate of drug-likeness (QED) is 0.873. The molecular weight excluding hydrogens is 274 g/mol. The van der Waals surface area contributed by atoms with E-state index in [0.717, 1.165) is 32.4 Å². The van der Waals surface area contributed by atoms with Crippen LogP contribution in [-0.4, -0.2) is 33.7 Å². The molecule has 4 nitrogen and oxygen atoms in total. The second-order valence-electron chi connectivity index (χ2n) is 6.64. The molecule has 1 unspecified atom stereocenters. The Balaban J connectivity index is 1.50. The Morgan fingerprint density at radius 1 is 1.27 bits per heavy atom. The lowest BCUT2D eigenvalue weighted by atomic mass is 9.94. The molecule has 1 atom stereocenters. The first kappa shape index (κ1) is 13.6. The number of aromatic nitrogens is 2. The molecule has 1 saturated heterocycles. The third kappa shape index (κ3) is 2.14. The molecule has 1 saturated carbocycles. The van der Waals surface area contributed by atoms with Gasteiger partial charge in [-0.25, -0.2) is 0 Å². The molecule has 1 aromatic carbocycles. The Bertz CT molecular complexity index is 687. The van der Waals surface area contributed by atoms with Crippen molar-refractivity contribution in [1.29, 1.82) is 0 Å². The summed E-state index contributed by atoms with van der Waals surface area (Å²) in [6.45, 7) is 3.68. The maximum Gasteiger partial charge on any atom is 0.233 e. The van der Waals surface area contributed by atoms with Gasteiger partial charge in [0.2, 0.25) is 5.91 Å². The second kappa shape index (κ2) is 4.97. The van der Waals surface area contributed by atoms with Gasteiger partial charge in [0.25, 0.3) is 0 Å². The van der Waals surface area contributed by atoms with Gasteiger partial charge in [-0.1, -0.05) is 30.3 Å². The van der Waals surface area contributed by atoms with Gasteiger partial charge in [0.15, 0.2) is 0 Å². The van der Waals surface area contributed by atoms with Gasteiger partial charge in [-0.15, -0.1) is 0 Å². The molecule has 4 rings (SSSR count). The predicted octanol–water partition coefficient (Wildman–Crippen LogP) is 2.70. The average Bonchev–Trinajstić information content (AvgIpc) is 3.00. The van der Waals surface area contributed by atoms with Crippen molar-refractivity contribution in [3.63, 3.8) is 0 Å². The Kier molecular flexibility index (Phi) is 3.06. The van der Waals surface area contributed by atoms with Crippen molar-refractivity contribution >= 4 is 5.91 Å². The fraction of sp³-hybridized carbons (Fsp3) is 0.444. The molecule has 1 amide bonds. The van der Waals surface area contributed by atoms with Crippen molar-refractivity contribution in [2.24, 2.45) is 0 Å². The van der Waals surface area contributed by atoms with Crippen molar-refractivity contribution < 1.29 is 4.79 Å². The van der Waals surface area contributed by atoms with Gasteiger partial charge in [-0.05, 0) is 37.3 Å². The highest BCUT2D eigenvalue weighted by atomic mass is 16.2. The van der Waals surface area contributed by atoms with Crippen LogP contribution in [0, 0.1) is 6.92 Å². The monoisotopic (exact) mass is 295 g/mol. The summed E-state index contributed by atoms with van der Waals surface area (Å²) in [5, 5.41) is 4.41. The molecule has 0 radical (unpaired) electrons. The topological polar surface area (TPSA) is 38.1 Å². The smallest absolute Gasteiger partial charge is 0.233 e. The number of nitrogens with zero attached hydrogens (tertiary/aromatic N) is 3. The molecule has 4 heteroatoms. The molecule has 2 heterocycles. The van der Waals surface area contributed by atoms with Crippen molar-refractivity contribution in [3.05, 3.63) is 53.9 Å². The average molecular weight is 295 g/mol. The number of hydrogen-bond donors (Lipinski definition) is 0. The zero-order valence-corrected chi connectivity index (χ0v) is 12.9. The first-order chi connectivity index (χ1) is 10.7. The summed E-state index contributed by atoms with van der Waals surface area (Å²) < 4.78 is 2.02. The van der Waals surface area contributed by atoms with E-state index >= 15 is 0 Å². The van der Waals surface area contributed by atoms with E-state index in [1.54, 1.807) is 0 Å². The first-order valence-corrected chi connectivity index (χ1v) is 8.05. The van der Waals surface area contributed by atoms with Crippen LogP contribution in [0.4, 0.5) is 0 Å². The van der Waals surface area contributed by atoms with Gasteiger partial charge in [-0.2, -0.15) is 5.10 Å². The SMILES string of the molecule is Cc1cnn(C2CCN(C(=O)C3(c4ccccc4)CC3)C2)c1. The lowest BCUT2D eigenvalue weighted by Gasteiger charge is -2.23. The molecule has 1 aliphatic heterocycles. The number of rotatable bonds is 3. The third-order valence-electron chi connectivity index (χ3n) is 5.04. The van der Waals surface area contributed by atoms with Crippen LogP contribution >= 0.6 is 0 Å². The summed E-state index contributed by atoms with van der Waals surface area (Å²) in [5.41, 5.74) is 2.11. The van der Waals surface area contributed by atoms with Gasteiger partial charge < -0.3 is 4.90 Å². The van der Waals surface area contributed by atoms with E-state index < -0.39 is 0 Å². The maximum absolute atomic E-state index is 13.0. The molecule has 1 aromatic heterocycles. The van der Waals surface area contributed by atoms with Gasteiger partial charge in [0.05, 0.1) is 17.7 Å². The van der Waals surface area contributed by atoms with Crippen LogP contribution in [0.1, 0.15) is 36.4 Å². The minimum absolute atomic E-state index is 0.240. The molecule has 2 aliphatic rings. The zero-order chi connectivity index (χ0) is 15.2. The third-order valence-corrected chi connectivity index (χ3v) is 5.04. The van der Waals surface area contributed by atoms with Crippen LogP contribution in [0.5, 0.6) is 0 Å². The van der Waals surface area contributed by atoms with E-state index in [4.69, 9.17) is 0 Å². The van der Waals surface area contributed by atoms with Crippen molar-refractivity contribution in [2.45, 2.75) is 37.6 Å². The van der Waals surface area contributed by atoms with E-state index in [0.29, 0.717) is 11.9 Å². The van der Waals surface area contributed by atoms with Gasteiger partial charge in [0.1, 0.15) is 0 Å². The van der Waals surface area contributed by atoms with E-state index in [1.807, 2.05) is 34.0 Å². The van der Waals surface area contributed by atoms with Gasteiger partial charge in [-0.3, -0.25) is 9.48 Å². The molecule has 2 aromatic rings. The number of carbonyl (C=O) groups is 1. The lowest BCUT2D eigenvalue weighted by molar-refractivity contribution is -0.133. The minimum atomic E-state index is -0.240. The minimum Gasteiger partial charge on any atom is -0.340 e. The highest BCUT2D eigenvalue weighted by Gasteiger charge is 2.53.